The van der Waals surface area contributed by atoms with Crippen LogP contribution in [0, 0.1) is 6.92 Å². The zero-order valence-electron chi connectivity index (χ0n) is 14.0. The van der Waals surface area contributed by atoms with Crippen molar-refractivity contribution in [1.29, 1.82) is 0 Å². The molecule has 0 aromatic heterocycles. The van der Waals surface area contributed by atoms with Gasteiger partial charge in [0.1, 0.15) is 6.04 Å². The minimum absolute atomic E-state index is 0.151. The predicted octanol–water partition coefficient (Wildman–Crippen LogP) is 2.40. The molecule has 2 aromatic carbocycles. The van der Waals surface area contributed by atoms with E-state index in [1.54, 1.807) is 12.1 Å². The molecule has 0 saturated carbocycles. The highest BCUT2D eigenvalue weighted by Crippen LogP contribution is 2.20. The molecule has 0 N–H and O–H groups in total. The summed E-state index contributed by atoms with van der Waals surface area (Å²) in [6, 6.07) is 14.9. The number of benzene rings is 2. The number of aryl methyl sites for hydroxylation is 1. The van der Waals surface area contributed by atoms with Crippen molar-refractivity contribution in [3.05, 3.63) is 65.7 Å². The summed E-state index contributed by atoms with van der Waals surface area (Å²) >= 11 is 0. The Hall–Kier alpha value is -2.18. The van der Waals surface area contributed by atoms with E-state index >= 15 is 0 Å². The second-order valence-electron chi connectivity index (χ2n) is 5.56. The van der Waals surface area contributed by atoms with E-state index in [1.165, 1.54) is 26.3 Å². The van der Waals surface area contributed by atoms with E-state index in [1.807, 2.05) is 37.3 Å². The Morgan fingerprint density at radius 3 is 2.21 bits per heavy atom. The molecule has 0 aliphatic rings. The molecule has 0 saturated heterocycles. The summed E-state index contributed by atoms with van der Waals surface area (Å²) in [6.45, 7) is 1.88. The lowest BCUT2D eigenvalue weighted by Crippen LogP contribution is -2.44. The van der Waals surface area contributed by atoms with Crippen LogP contribution >= 0.6 is 0 Å². The third kappa shape index (κ3) is 4.01. The number of ether oxygens (including phenoxy) is 1. The first kappa shape index (κ1) is 18.2. The molecule has 24 heavy (non-hydrogen) atoms. The van der Waals surface area contributed by atoms with E-state index in [9.17, 15) is 13.2 Å². The molecule has 0 bridgehead atoms. The van der Waals surface area contributed by atoms with Crippen molar-refractivity contribution in [2.24, 2.45) is 0 Å². The highest BCUT2D eigenvalue weighted by Gasteiger charge is 2.33. The quantitative estimate of drug-likeness (QED) is 0.753. The molecular weight excluding hydrogens is 326 g/mol. The SMILES string of the molecule is COC(=O)C(Cc1ccccc1)N(C)S(=O)(=O)c1ccc(C)cc1. The molecule has 128 valence electrons. The third-order valence-corrected chi connectivity index (χ3v) is 5.76. The zero-order chi connectivity index (χ0) is 17.7. The van der Waals surface area contributed by atoms with Gasteiger partial charge in [-0.1, -0.05) is 48.0 Å². The number of likely N-dealkylation sites (N-methyl/N-ethyl adjacent to an activating group) is 1. The van der Waals surface area contributed by atoms with Crippen molar-refractivity contribution in [3.8, 4) is 0 Å². The van der Waals surface area contributed by atoms with Gasteiger partial charge in [-0.15, -0.1) is 0 Å². The number of esters is 1. The first-order valence-corrected chi connectivity index (χ1v) is 8.96. The molecular formula is C18H21NO4S. The zero-order valence-corrected chi connectivity index (χ0v) is 14.8. The van der Waals surface area contributed by atoms with Gasteiger partial charge in [-0.25, -0.2) is 8.42 Å². The Kier molecular flexibility index (Phi) is 5.75. The molecule has 0 spiro atoms. The maximum Gasteiger partial charge on any atom is 0.324 e. The van der Waals surface area contributed by atoms with Crippen LogP contribution in [0.3, 0.4) is 0 Å². The fraction of sp³-hybridized carbons (Fsp3) is 0.278. The second-order valence-corrected chi connectivity index (χ2v) is 7.56. The number of carbonyl (C=O) groups excluding carboxylic acids is 1. The van der Waals surface area contributed by atoms with Crippen molar-refractivity contribution in [2.75, 3.05) is 14.2 Å². The van der Waals surface area contributed by atoms with Crippen molar-refractivity contribution in [1.82, 2.24) is 4.31 Å². The average Bonchev–Trinajstić information content (AvgIpc) is 2.59. The Labute approximate surface area is 142 Å². The van der Waals surface area contributed by atoms with Crippen LogP contribution in [0.1, 0.15) is 11.1 Å². The van der Waals surface area contributed by atoms with Gasteiger partial charge < -0.3 is 4.74 Å². The summed E-state index contributed by atoms with van der Waals surface area (Å²) in [7, 11) is -1.14. The minimum Gasteiger partial charge on any atom is -0.468 e. The van der Waals surface area contributed by atoms with Gasteiger partial charge in [-0.2, -0.15) is 4.31 Å². The molecule has 0 radical (unpaired) electrons. The monoisotopic (exact) mass is 347 g/mol. The van der Waals surface area contributed by atoms with Crippen LogP contribution < -0.4 is 0 Å². The van der Waals surface area contributed by atoms with Gasteiger partial charge in [-0.05, 0) is 31.0 Å². The van der Waals surface area contributed by atoms with Gasteiger partial charge in [0.15, 0.2) is 0 Å². The number of hydrogen-bond acceptors (Lipinski definition) is 4. The summed E-state index contributed by atoms with van der Waals surface area (Å²) in [6.07, 6.45) is 0.245. The summed E-state index contributed by atoms with van der Waals surface area (Å²) in [5, 5.41) is 0. The number of sulfonamides is 1. The first-order valence-electron chi connectivity index (χ1n) is 7.52. The Balaban J connectivity index is 2.34. The Morgan fingerprint density at radius 1 is 1.08 bits per heavy atom. The highest BCUT2D eigenvalue weighted by molar-refractivity contribution is 7.89. The first-order chi connectivity index (χ1) is 11.4. The van der Waals surface area contributed by atoms with Gasteiger partial charge in [0.25, 0.3) is 0 Å². The molecule has 0 heterocycles. The lowest BCUT2D eigenvalue weighted by Gasteiger charge is -2.25. The van der Waals surface area contributed by atoms with Gasteiger partial charge in [-0.3, -0.25) is 4.79 Å². The third-order valence-electron chi connectivity index (χ3n) is 3.88. The standard InChI is InChI=1S/C18H21NO4S/c1-14-9-11-16(12-10-14)24(21,22)19(2)17(18(20)23-3)13-15-7-5-4-6-8-15/h4-12,17H,13H2,1-3H3. The van der Waals surface area contributed by atoms with Gasteiger partial charge >= 0.3 is 5.97 Å². The van der Waals surface area contributed by atoms with Crippen molar-refractivity contribution >= 4 is 16.0 Å². The molecule has 1 unspecified atom stereocenters. The van der Waals surface area contributed by atoms with Gasteiger partial charge in [0.2, 0.25) is 10.0 Å². The van der Waals surface area contributed by atoms with E-state index < -0.39 is 22.0 Å². The summed E-state index contributed by atoms with van der Waals surface area (Å²) < 4.78 is 31.5. The molecule has 5 nitrogen and oxygen atoms in total. The van der Waals surface area contributed by atoms with Gasteiger partial charge in [0.05, 0.1) is 12.0 Å². The topological polar surface area (TPSA) is 63.7 Å². The molecule has 1 atom stereocenters. The van der Waals surface area contributed by atoms with Crippen LogP contribution in [0.4, 0.5) is 0 Å². The van der Waals surface area contributed by atoms with Crippen LogP contribution in [-0.2, 0) is 26.0 Å². The van der Waals surface area contributed by atoms with Crippen LogP contribution in [0.25, 0.3) is 0 Å². The average molecular weight is 347 g/mol. The minimum atomic E-state index is -3.80. The maximum absolute atomic E-state index is 12.8. The van der Waals surface area contributed by atoms with Crippen LogP contribution in [0.15, 0.2) is 59.5 Å². The predicted molar refractivity (Wildman–Crippen MR) is 92.1 cm³/mol. The van der Waals surface area contributed by atoms with Crippen molar-refractivity contribution in [2.45, 2.75) is 24.3 Å². The summed E-state index contributed by atoms with van der Waals surface area (Å²) in [5.41, 5.74) is 1.82. The molecule has 2 rings (SSSR count). The number of rotatable bonds is 6. The van der Waals surface area contributed by atoms with Gasteiger partial charge in [0, 0.05) is 7.05 Å². The molecule has 6 heteroatoms. The molecule has 0 aliphatic carbocycles. The molecule has 0 aliphatic heterocycles. The van der Waals surface area contributed by atoms with E-state index in [4.69, 9.17) is 4.74 Å². The lowest BCUT2D eigenvalue weighted by molar-refractivity contribution is -0.144. The normalized spacial score (nSPS) is 12.8. The Bertz CT molecular complexity index is 786. The Morgan fingerprint density at radius 2 is 1.67 bits per heavy atom. The van der Waals surface area contributed by atoms with Crippen LogP contribution in [0.2, 0.25) is 0 Å². The fourth-order valence-electron chi connectivity index (χ4n) is 2.38. The lowest BCUT2D eigenvalue weighted by atomic mass is 10.1. The largest absolute Gasteiger partial charge is 0.468 e. The maximum atomic E-state index is 12.8. The summed E-state index contributed by atoms with van der Waals surface area (Å²) in [4.78, 5) is 12.3. The van der Waals surface area contributed by atoms with E-state index in [-0.39, 0.29) is 11.3 Å². The molecule has 2 aromatic rings. The molecule has 0 fully saturated rings. The van der Waals surface area contributed by atoms with E-state index in [0.717, 1.165) is 15.4 Å². The van der Waals surface area contributed by atoms with Crippen molar-refractivity contribution < 1.29 is 17.9 Å². The van der Waals surface area contributed by atoms with Crippen LogP contribution in [-0.4, -0.2) is 38.9 Å². The number of nitrogens with zero attached hydrogens (tertiary/aromatic N) is 1. The van der Waals surface area contributed by atoms with Crippen molar-refractivity contribution in [3.63, 3.8) is 0 Å². The van der Waals surface area contributed by atoms with Crippen LogP contribution in [0.5, 0.6) is 0 Å². The smallest absolute Gasteiger partial charge is 0.324 e. The molecule has 0 amide bonds. The summed E-state index contributed by atoms with van der Waals surface area (Å²) in [5.74, 6) is -0.586. The number of methoxy groups -OCH3 is 1. The van der Waals surface area contributed by atoms with E-state index in [2.05, 4.69) is 0 Å². The number of hydrogen-bond donors (Lipinski definition) is 0. The second kappa shape index (κ2) is 7.59. The van der Waals surface area contributed by atoms with E-state index in [0.29, 0.717) is 0 Å². The highest BCUT2D eigenvalue weighted by atomic mass is 32.2. The fourth-order valence-corrected chi connectivity index (χ4v) is 3.69. The number of carbonyl (C=O) groups is 1.